The number of carboxylic acids is 1. The molecule has 13 heteroatoms. The molecule has 0 spiro atoms. The van der Waals surface area contributed by atoms with Crippen LogP contribution < -0.4 is 15.2 Å². The number of hydrogen-bond donors (Lipinski definition) is 3. The molecular formula is C31H38NO11P. The Balaban J connectivity index is 1.51. The van der Waals surface area contributed by atoms with Gasteiger partial charge in [0.1, 0.15) is 42.1 Å². The largest absolute Gasteiger partial charge is 0.489 e. The molecule has 3 rings (SSSR count). The van der Waals surface area contributed by atoms with E-state index in [0.717, 1.165) is 16.9 Å². The van der Waals surface area contributed by atoms with Gasteiger partial charge in [-0.05, 0) is 54.3 Å². The minimum Gasteiger partial charge on any atom is -0.489 e. The number of ether oxygens (including phenoxy) is 4. The van der Waals surface area contributed by atoms with E-state index >= 15 is 0 Å². The molecule has 0 saturated heterocycles. The van der Waals surface area contributed by atoms with Crippen molar-refractivity contribution in [2.24, 2.45) is 5.73 Å². The minimum atomic E-state index is -4.63. The Bertz CT molecular complexity index is 1390. The van der Waals surface area contributed by atoms with E-state index in [1.807, 2.05) is 78.9 Å². The molecule has 3 unspecified atom stereocenters. The van der Waals surface area contributed by atoms with Crippen LogP contribution in [0.2, 0.25) is 0 Å². The third kappa shape index (κ3) is 11.7. The van der Waals surface area contributed by atoms with Crippen molar-refractivity contribution >= 4 is 19.8 Å². The van der Waals surface area contributed by atoms with E-state index in [1.165, 1.54) is 7.11 Å². The number of hydrogen-bond acceptors (Lipinski definition) is 10. The van der Waals surface area contributed by atoms with Crippen molar-refractivity contribution in [2.75, 3.05) is 20.3 Å². The molecule has 0 saturated carbocycles. The number of para-hydroxylation sites is 2. The summed E-state index contributed by atoms with van der Waals surface area (Å²) in [5.41, 5.74) is 7.00. The molecule has 44 heavy (non-hydrogen) atoms. The Morgan fingerprint density at radius 2 is 1.59 bits per heavy atom. The normalized spacial score (nSPS) is 14.5. The van der Waals surface area contributed by atoms with Gasteiger partial charge in [-0.15, -0.1) is 0 Å². The smallest absolute Gasteiger partial charge is 0.472 e. The lowest BCUT2D eigenvalue weighted by atomic mass is 10.1. The monoisotopic (exact) mass is 631 g/mol. The summed E-state index contributed by atoms with van der Waals surface area (Å²) in [4.78, 5) is 33.4. The number of esters is 1. The van der Waals surface area contributed by atoms with Gasteiger partial charge in [0.25, 0.3) is 0 Å². The minimum absolute atomic E-state index is 0.0449. The molecule has 0 bridgehead atoms. The van der Waals surface area contributed by atoms with Crippen LogP contribution in [0.25, 0.3) is 0 Å². The zero-order valence-corrected chi connectivity index (χ0v) is 25.5. The highest BCUT2D eigenvalue weighted by Crippen LogP contribution is 2.43. The number of carbonyl (C=O) groups is 2. The number of phosphoric ester groups is 1. The number of aryl methyl sites for hydroxylation is 1. The fourth-order valence-corrected chi connectivity index (χ4v) is 4.76. The van der Waals surface area contributed by atoms with Gasteiger partial charge in [-0.3, -0.25) is 18.6 Å². The third-order valence-electron chi connectivity index (χ3n) is 6.38. The van der Waals surface area contributed by atoms with Crippen LogP contribution in [0, 0.1) is 0 Å². The van der Waals surface area contributed by atoms with Crippen LogP contribution >= 0.6 is 7.82 Å². The topological polar surface area (TPSA) is 173 Å². The fraction of sp³-hybridized carbons (Fsp3) is 0.355. The molecule has 0 radical (unpaired) electrons. The van der Waals surface area contributed by atoms with Crippen molar-refractivity contribution in [1.82, 2.24) is 0 Å². The zero-order chi connectivity index (χ0) is 32.0. The van der Waals surface area contributed by atoms with E-state index in [4.69, 9.17) is 34.3 Å². The van der Waals surface area contributed by atoms with Gasteiger partial charge in [0, 0.05) is 13.5 Å². The van der Waals surface area contributed by atoms with Crippen LogP contribution in [0.5, 0.6) is 17.2 Å². The number of phosphoric acid groups is 1. The molecule has 0 aliphatic heterocycles. The molecule has 0 heterocycles. The number of benzene rings is 3. The summed E-state index contributed by atoms with van der Waals surface area (Å²) >= 11 is 0. The van der Waals surface area contributed by atoms with Crippen molar-refractivity contribution in [3.63, 3.8) is 0 Å². The highest BCUT2D eigenvalue weighted by atomic mass is 31.2. The maximum absolute atomic E-state index is 12.8. The number of nitrogens with two attached hydrogens (primary N) is 1. The van der Waals surface area contributed by atoms with Crippen molar-refractivity contribution in [1.29, 1.82) is 0 Å². The highest BCUT2D eigenvalue weighted by Gasteiger charge is 2.30. The Morgan fingerprint density at radius 1 is 0.909 bits per heavy atom. The summed E-state index contributed by atoms with van der Waals surface area (Å²) < 4.78 is 44.5. The molecule has 3 aromatic rings. The Kier molecular flexibility index (Phi) is 13.8. The van der Waals surface area contributed by atoms with Gasteiger partial charge in [-0.1, -0.05) is 55.5 Å². The molecule has 0 aliphatic carbocycles. The number of carboxylic acid groups (broad SMARTS) is 1. The lowest BCUT2D eigenvalue weighted by molar-refractivity contribution is -0.158. The quantitative estimate of drug-likeness (QED) is 0.121. The van der Waals surface area contributed by atoms with Crippen LogP contribution in [0.4, 0.5) is 0 Å². The van der Waals surface area contributed by atoms with Gasteiger partial charge in [0.15, 0.2) is 0 Å². The summed E-state index contributed by atoms with van der Waals surface area (Å²) in [6.45, 7) is 0.870. The molecule has 0 aromatic heterocycles. The summed E-state index contributed by atoms with van der Waals surface area (Å²) in [6, 6.07) is 23.0. The van der Waals surface area contributed by atoms with Crippen LogP contribution in [-0.2, 0) is 45.7 Å². The lowest BCUT2D eigenvalue weighted by Gasteiger charge is -2.25. The number of methoxy groups -OCH3 is 1. The zero-order valence-electron chi connectivity index (χ0n) is 24.6. The number of rotatable bonds is 19. The number of carbonyl (C=O) groups excluding carboxylic acids is 1. The van der Waals surface area contributed by atoms with E-state index in [0.29, 0.717) is 30.9 Å². The van der Waals surface area contributed by atoms with Gasteiger partial charge in [0.2, 0.25) is 0 Å². The van der Waals surface area contributed by atoms with Crippen LogP contribution in [-0.4, -0.2) is 60.5 Å². The molecule has 4 atom stereocenters. The van der Waals surface area contributed by atoms with Gasteiger partial charge in [-0.25, -0.2) is 4.57 Å². The average Bonchev–Trinajstić information content (AvgIpc) is 3.02. The summed E-state index contributed by atoms with van der Waals surface area (Å²) in [5, 5.41) is 8.78. The predicted molar refractivity (Wildman–Crippen MR) is 160 cm³/mol. The third-order valence-corrected chi connectivity index (χ3v) is 7.33. The van der Waals surface area contributed by atoms with Gasteiger partial charge in [-0.2, -0.15) is 0 Å². The van der Waals surface area contributed by atoms with Crippen molar-refractivity contribution in [2.45, 2.75) is 51.0 Å². The SMILES string of the molecule is CCC(OC(=O)CCc1ccccc1OCc1cccc(Oc2ccccc2)c1)C(COP(=O)(O)OC[C@H](N)C(=O)O)OC. The first-order valence-electron chi connectivity index (χ1n) is 13.9. The lowest BCUT2D eigenvalue weighted by Crippen LogP contribution is -2.36. The Labute approximate surface area is 256 Å². The van der Waals surface area contributed by atoms with Crippen molar-refractivity contribution in [3.8, 4) is 17.2 Å². The van der Waals surface area contributed by atoms with E-state index in [-0.39, 0.29) is 6.42 Å². The maximum atomic E-state index is 12.8. The van der Waals surface area contributed by atoms with Crippen LogP contribution in [0.1, 0.15) is 30.9 Å². The van der Waals surface area contributed by atoms with E-state index < -0.39 is 51.2 Å². The maximum Gasteiger partial charge on any atom is 0.472 e. The summed E-state index contributed by atoms with van der Waals surface area (Å²) in [7, 11) is -3.29. The van der Waals surface area contributed by atoms with Crippen LogP contribution in [0.15, 0.2) is 78.9 Å². The Morgan fingerprint density at radius 3 is 2.30 bits per heavy atom. The first kappa shape index (κ1) is 34.7. The molecule has 238 valence electrons. The van der Waals surface area contributed by atoms with Crippen molar-refractivity contribution < 1.29 is 52.1 Å². The summed E-state index contributed by atoms with van der Waals surface area (Å²) in [6.07, 6.45) is -0.950. The Hall–Kier alpha value is -3.77. The molecule has 12 nitrogen and oxygen atoms in total. The standard InChI is InChI=1S/C31H38NO11P/c1-3-27(29(38-2)21-41-44(36,37)40-20-26(32)31(34)35)43-30(33)17-16-23-11-7-8-15-28(23)39-19-22-10-9-14-25(18-22)42-24-12-5-4-6-13-24/h4-15,18,26-27,29H,3,16-17,19-21,32H2,1-2H3,(H,34,35)(H,36,37)/t26-,27?,29?/m0/s1. The first-order chi connectivity index (χ1) is 21.1. The molecular weight excluding hydrogens is 593 g/mol. The first-order valence-corrected chi connectivity index (χ1v) is 15.4. The fourth-order valence-electron chi connectivity index (χ4n) is 4.00. The second-order valence-corrected chi connectivity index (χ2v) is 11.1. The molecule has 0 amide bonds. The predicted octanol–water partition coefficient (Wildman–Crippen LogP) is 4.87. The molecule has 0 fully saturated rings. The molecule has 3 aromatic carbocycles. The highest BCUT2D eigenvalue weighted by molar-refractivity contribution is 7.47. The molecule has 4 N–H and O–H groups in total. The van der Waals surface area contributed by atoms with Gasteiger partial charge >= 0.3 is 19.8 Å². The van der Waals surface area contributed by atoms with Gasteiger partial charge < -0.3 is 34.7 Å². The molecule has 0 aliphatic rings. The van der Waals surface area contributed by atoms with E-state index in [2.05, 4.69) is 4.52 Å². The van der Waals surface area contributed by atoms with E-state index in [1.54, 1.807) is 6.92 Å². The second-order valence-electron chi connectivity index (χ2n) is 9.67. The van der Waals surface area contributed by atoms with Crippen LogP contribution in [0.3, 0.4) is 0 Å². The van der Waals surface area contributed by atoms with Gasteiger partial charge in [0.05, 0.1) is 13.2 Å². The second kappa shape index (κ2) is 17.5. The summed E-state index contributed by atoms with van der Waals surface area (Å²) in [5.74, 6) is 0.154. The average molecular weight is 632 g/mol. The van der Waals surface area contributed by atoms with E-state index in [9.17, 15) is 19.0 Å². The number of aliphatic carboxylic acids is 1. The van der Waals surface area contributed by atoms with Crippen molar-refractivity contribution in [3.05, 3.63) is 90.0 Å².